The van der Waals surface area contributed by atoms with Crippen LogP contribution in [-0.2, 0) is 0 Å². The standard InChI is InChI=1S/C16H21NO3/c1-10(2)16(4,19)9-17-15(18)14-8-12-7-11(3)5-6-13(12)20-14/h5-8,10,19H,9H2,1-4H3,(H,17,18). The van der Waals surface area contributed by atoms with Crippen molar-refractivity contribution >= 4 is 16.9 Å². The van der Waals surface area contributed by atoms with E-state index in [9.17, 15) is 9.90 Å². The van der Waals surface area contributed by atoms with Crippen LogP contribution in [0.4, 0.5) is 0 Å². The highest BCUT2D eigenvalue weighted by Crippen LogP contribution is 2.21. The van der Waals surface area contributed by atoms with Gasteiger partial charge < -0.3 is 14.8 Å². The molecule has 1 unspecified atom stereocenters. The molecule has 4 heteroatoms. The Kier molecular flexibility index (Phi) is 3.86. The van der Waals surface area contributed by atoms with Crippen molar-refractivity contribution < 1.29 is 14.3 Å². The van der Waals surface area contributed by atoms with E-state index in [1.165, 1.54) is 0 Å². The van der Waals surface area contributed by atoms with Gasteiger partial charge in [-0.25, -0.2) is 0 Å². The molecule has 1 amide bonds. The van der Waals surface area contributed by atoms with Crippen LogP contribution in [0, 0.1) is 12.8 Å². The minimum Gasteiger partial charge on any atom is -0.451 e. The first-order valence-electron chi connectivity index (χ1n) is 6.80. The van der Waals surface area contributed by atoms with Crippen molar-refractivity contribution in [1.29, 1.82) is 0 Å². The molecule has 1 aromatic heterocycles. The summed E-state index contributed by atoms with van der Waals surface area (Å²) in [6.07, 6.45) is 0. The van der Waals surface area contributed by atoms with Gasteiger partial charge in [-0.3, -0.25) is 4.79 Å². The average molecular weight is 275 g/mol. The fraction of sp³-hybridized carbons (Fsp3) is 0.438. The topological polar surface area (TPSA) is 62.5 Å². The van der Waals surface area contributed by atoms with Gasteiger partial charge in [-0.1, -0.05) is 25.5 Å². The minimum atomic E-state index is -0.932. The molecule has 0 aliphatic carbocycles. The smallest absolute Gasteiger partial charge is 0.287 e. The molecule has 0 fully saturated rings. The summed E-state index contributed by atoms with van der Waals surface area (Å²) in [5.41, 5.74) is 0.877. The zero-order chi connectivity index (χ0) is 14.9. The van der Waals surface area contributed by atoms with Crippen molar-refractivity contribution in [1.82, 2.24) is 5.32 Å². The lowest BCUT2D eigenvalue weighted by Crippen LogP contribution is -2.44. The van der Waals surface area contributed by atoms with Crippen LogP contribution in [0.1, 0.15) is 36.9 Å². The van der Waals surface area contributed by atoms with Gasteiger partial charge >= 0.3 is 0 Å². The second-order valence-corrected chi connectivity index (χ2v) is 5.85. The summed E-state index contributed by atoms with van der Waals surface area (Å²) in [4.78, 5) is 12.1. The van der Waals surface area contributed by atoms with Crippen LogP contribution in [-0.4, -0.2) is 23.2 Å². The number of benzene rings is 1. The molecule has 20 heavy (non-hydrogen) atoms. The molecule has 0 saturated carbocycles. The lowest BCUT2D eigenvalue weighted by atomic mass is 9.92. The lowest BCUT2D eigenvalue weighted by Gasteiger charge is -2.27. The van der Waals surface area contributed by atoms with Gasteiger partial charge in [0.1, 0.15) is 5.58 Å². The molecule has 0 spiro atoms. The highest BCUT2D eigenvalue weighted by molar-refractivity contribution is 5.96. The Labute approximate surface area is 118 Å². The van der Waals surface area contributed by atoms with Crippen LogP contribution >= 0.6 is 0 Å². The van der Waals surface area contributed by atoms with E-state index in [0.717, 1.165) is 10.9 Å². The molecular formula is C16H21NO3. The Morgan fingerprint density at radius 1 is 1.40 bits per heavy atom. The number of rotatable bonds is 4. The van der Waals surface area contributed by atoms with E-state index in [0.29, 0.717) is 5.58 Å². The summed E-state index contributed by atoms with van der Waals surface area (Å²) in [5.74, 6) is 0.0195. The second kappa shape index (κ2) is 5.29. The third kappa shape index (κ3) is 3.02. The van der Waals surface area contributed by atoms with Gasteiger partial charge in [-0.05, 0) is 38.0 Å². The van der Waals surface area contributed by atoms with E-state index in [1.54, 1.807) is 13.0 Å². The minimum absolute atomic E-state index is 0.0566. The quantitative estimate of drug-likeness (QED) is 0.902. The summed E-state index contributed by atoms with van der Waals surface area (Å²) >= 11 is 0. The third-order valence-electron chi connectivity index (χ3n) is 3.75. The van der Waals surface area contributed by atoms with E-state index in [2.05, 4.69) is 5.32 Å². The van der Waals surface area contributed by atoms with E-state index < -0.39 is 5.60 Å². The zero-order valence-corrected chi connectivity index (χ0v) is 12.4. The summed E-state index contributed by atoms with van der Waals surface area (Å²) < 4.78 is 5.52. The molecule has 2 N–H and O–H groups in total. The fourth-order valence-corrected chi connectivity index (χ4v) is 1.83. The number of hydrogen-bond acceptors (Lipinski definition) is 3. The molecule has 108 valence electrons. The Balaban J connectivity index is 2.12. The number of carbonyl (C=O) groups is 1. The van der Waals surface area contributed by atoms with Gasteiger partial charge in [0.2, 0.25) is 0 Å². The van der Waals surface area contributed by atoms with Crippen molar-refractivity contribution in [3.8, 4) is 0 Å². The van der Waals surface area contributed by atoms with E-state index in [-0.39, 0.29) is 24.1 Å². The second-order valence-electron chi connectivity index (χ2n) is 5.85. The number of furan rings is 1. The van der Waals surface area contributed by atoms with Crippen LogP contribution < -0.4 is 5.32 Å². The van der Waals surface area contributed by atoms with Gasteiger partial charge in [0.25, 0.3) is 5.91 Å². The fourth-order valence-electron chi connectivity index (χ4n) is 1.83. The Hall–Kier alpha value is -1.81. The van der Waals surface area contributed by atoms with Gasteiger partial charge in [0.15, 0.2) is 5.76 Å². The predicted molar refractivity (Wildman–Crippen MR) is 78.7 cm³/mol. The molecular weight excluding hydrogens is 254 g/mol. The summed E-state index contributed by atoms with van der Waals surface area (Å²) in [7, 11) is 0. The maximum absolute atomic E-state index is 12.1. The maximum atomic E-state index is 12.1. The number of amides is 1. The number of fused-ring (bicyclic) bond motifs is 1. The van der Waals surface area contributed by atoms with Crippen molar-refractivity contribution in [2.75, 3.05) is 6.54 Å². The zero-order valence-electron chi connectivity index (χ0n) is 12.4. The Morgan fingerprint density at radius 3 is 2.75 bits per heavy atom. The van der Waals surface area contributed by atoms with Crippen LogP contribution in [0.5, 0.6) is 0 Å². The maximum Gasteiger partial charge on any atom is 0.287 e. The largest absolute Gasteiger partial charge is 0.451 e. The molecule has 0 aliphatic heterocycles. The molecule has 0 aliphatic rings. The van der Waals surface area contributed by atoms with Crippen LogP contribution in [0.2, 0.25) is 0 Å². The van der Waals surface area contributed by atoms with Crippen molar-refractivity contribution in [2.45, 2.75) is 33.3 Å². The van der Waals surface area contributed by atoms with E-state index in [4.69, 9.17) is 4.42 Å². The highest BCUT2D eigenvalue weighted by atomic mass is 16.3. The first-order chi connectivity index (χ1) is 9.29. The van der Waals surface area contributed by atoms with Crippen molar-refractivity contribution in [2.24, 2.45) is 5.92 Å². The average Bonchev–Trinajstić information content (AvgIpc) is 2.78. The molecule has 0 bridgehead atoms. The predicted octanol–water partition coefficient (Wildman–Crippen LogP) is 2.88. The normalized spacial score (nSPS) is 14.5. The number of nitrogens with one attached hydrogen (secondary N) is 1. The summed E-state index contributed by atoms with van der Waals surface area (Å²) in [6, 6.07) is 7.49. The van der Waals surface area contributed by atoms with Gasteiger partial charge in [0, 0.05) is 11.9 Å². The summed E-state index contributed by atoms with van der Waals surface area (Å²) in [6.45, 7) is 7.72. The number of carbonyl (C=O) groups excluding carboxylic acids is 1. The molecule has 2 aromatic rings. The van der Waals surface area contributed by atoms with Crippen molar-refractivity contribution in [3.63, 3.8) is 0 Å². The van der Waals surface area contributed by atoms with Crippen LogP contribution in [0.3, 0.4) is 0 Å². The monoisotopic (exact) mass is 275 g/mol. The molecule has 1 aromatic carbocycles. The van der Waals surface area contributed by atoms with Crippen LogP contribution in [0.25, 0.3) is 11.0 Å². The van der Waals surface area contributed by atoms with E-state index in [1.807, 2.05) is 39.0 Å². The molecule has 0 saturated heterocycles. The van der Waals surface area contributed by atoms with Gasteiger partial charge in [0.05, 0.1) is 5.60 Å². The van der Waals surface area contributed by atoms with Gasteiger partial charge in [-0.2, -0.15) is 0 Å². The van der Waals surface area contributed by atoms with Gasteiger partial charge in [-0.15, -0.1) is 0 Å². The summed E-state index contributed by atoms with van der Waals surface area (Å²) in [5, 5.41) is 13.7. The number of aliphatic hydroxyl groups is 1. The molecule has 1 heterocycles. The first-order valence-corrected chi connectivity index (χ1v) is 6.80. The van der Waals surface area contributed by atoms with E-state index >= 15 is 0 Å². The highest BCUT2D eigenvalue weighted by Gasteiger charge is 2.26. The third-order valence-corrected chi connectivity index (χ3v) is 3.75. The number of aryl methyl sites for hydroxylation is 1. The van der Waals surface area contributed by atoms with Crippen LogP contribution in [0.15, 0.2) is 28.7 Å². The molecule has 2 rings (SSSR count). The Morgan fingerprint density at radius 2 is 2.10 bits per heavy atom. The first kappa shape index (κ1) is 14.6. The Bertz CT molecular complexity index is 626. The molecule has 0 radical (unpaired) electrons. The SMILES string of the molecule is Cc1ccc2oc(C(=O)NCC(C)(O)C(C)C)cc2c1. The number of hydrogen-bond donors (Lipinski definition) is 2. The lowest BCUT2D eigenvalue weighted by molar-refractivity contribution is 0.0140. The van der Waals surface area contributed by atoms with Crippen molar-refractivity contribution in [3.05, 3.63) is 35.6 Å². The molecule has 1 atom stereocenters. The molecule has 4 nitrogen and oxygen atoms in total.